The molecule has 4 N–H and O–H groups in total. The van der Waals surface area contributed by atoms with Crippen molar-refractivity contribution < 1.29 is 5.11 Å². The van der Waals surface area contributed by atoms with Crippen molar-refractivity contribution in [1.29, 1.82) is 0 Å². The zero-order chi connectivity index (χ0) is 16.5. The first kappa shape index (κ1) is 15.4. The van der Waals surface area contributed by atoms with Crippen LogP contribution in [0.2, 0.25) is 0 Å². The fourth-order valence-corrected chi connectivity index (χ4v) is 3.43. The third kappa shape index (κ3) is 3.51. The summed E-state index contributed by atoms with van der Waals surface area (Å²) < 4.78 is 0. The third-order valence-corrected chi connectivity index (χ3v) is 5.02. The lowest BCUT2D eigenvalue weighted by atomic mass is 9.93. The van der Waals surface area contributed by atoms with Crippen molar-refractivity contribution in [3.05, 3.63) is 36.0 Å². The number of nitrogens with two attached hydrogens (primary N) is 1. The highest BCUT2D eigenvalue weighted by Gasteiger charge is 2.24. The summed E-state index contributed by atoms with van der Waals surface area (Å²) in [6, 6.07) is 8.58. The molecule has 2 heterocycles. The number of aromatic nitrogens is 2. The van der Waals surface area contributed by atoms with Crippen molar-refractivity contribution in [2.24, 2.45) is 0 Å². The molecule has 0 amide bonds. The Balaban J connectivity index is 1.47. The van der Waals surface area contributed by atoms with Gasteiger partial charge in [-0.1, -0.05) is 0 Å². The molecule has 2 aromatic heterocycles. The Bertz CT molecular complexity index is 704. The molecule has 0 aromatic carbocycles. The molecule has 24 heavy (non-hydrogen) atoms. The van der Waals surface area contributed by atoms with Crippen molar-refractivity contribution in [1.82, 2.24) is 9.97 Å². The van der Waals surface area contributed by atoms with Crippen LogP contribution in [0.1, 0.15) is 50.0 Å². The number of hydrogen-bond acceptors (Lipinski definition) is 5. The lowest BCUT2D eigenvalue weighted by molar-refractivity contribution is 0.126. The van der Waals surface area contributed by atoms with E-state index in [4.69, 9.17) is 5.73 Å². The van der Waals surface area contributed by atoms with Gasteiger partial charge in [-0.15, -0.1) is 0 Å². The molecule has 2 saturated carbocycles. The number of nitrogens with one attached hydrogen (secondary N) is 1. The maximum Gasteiger partial charge on any atom is 0.126 e. The lowest BCUT2D eigenvalue weighted by Crippen LogP contribution is -2.28. The van der Waals surface area contributed by atoms with Crippen molar-refractivity contribution in [3.8, 4) is 11.3 Å². The zero-order valence-corrected chi connectivity index (χ0v) is 13.8. The molecule has 0 spiro atoms. The molecule has 0 aliphatic heterocycles. The molecule has 0 radical (unpaired) electrons. The summed E-state index contributed by atoms with van der Waals surface area (Å²) in [6.45, 7) is 0. The lowest BCUT2D eigenvalue weighted by Gasteiger charge is -2.26. The first-order chi connectivity index (χ1) is 11.7. The third-order valence-electron chi connectivity index (χ3n) is 5.02. The summed E-state index contributed by atoms with van der Waals surface area (Å²) in [5.74, 6) is 2.12. The normalized spacial score (nSPS) is 23.9. The molecule has 2 aromatic rings. The molecule has 5 heteroatoms. The standard InChI is InChI=1S/C19H24N4O/c20-18-10-14(12-1-2-12)9-17(23-18)13-3-8-19(21-11-13)22-15-4-6-16(24)7-5-15/h3,8-12,15-16,24H,1-2,4-7H2,(H2,20,23)(H,21,22). The number of anilines is 2. The fraction of sp³-hybridized carbons (Fsp3) is 0.474. The highest BCUT2D eigenvalue weighted by atomic mass is 16.3. The monoisotopic (exact) mass is 324 g/mol. The molecule has 2 aliphatic rings. The number of nitrogens with zero attached hydrogens (tertiary/aromatic N) is 2. The second-order valence-electron chi connectivity index (χ2n) is 7.07. The van der Waals surface area contributed by atoms with E-state index in [2.05, 4.69) is 21.4 Å². The first-order valence-electron chi connectivity index (χ1n) is 8.86. The van der Waals surface area contributed by atoms with Crippen LogP contribution in [0.25, 0.3) is 11.3 Å². The number of aliphatic hydroxyl groups is 1. The summed E-state index contributed by atoms with van der Waals surface area (Å²) >= 11 is 0. The van der Waals surface area contributed by atoms with Gasteiger partial charge in [0.25, 0.3) is 0 Å². The maximum absolute atomic E-state index is 9.58. The fourth-order valence-electron chi connectivity index (χ4n) is 3.43. The van der Waals surface area contributed by atoms with E-state index in [0.717, 1.165) is 42.8 Å². The van der Waals surface area contributed by atoms with Gasteiger partial charge in [-0.25, -0.2) is 9.97 Å². The zero-order valence-electron chi connectivity index (χ0n) is 13.8. The molecule has 0 atom stereocenters. The van der Waals surface area contributed by atoms with Gasteiger partial charge in [0.2, 0.25) is 0 Å². The maximum atomic E-state index is 9.58. The minimum absolute atomic E-state index is 0.131. The summed E-state index contributed by atoms with van der Waals surface area (Å²) in [4.78, 5) is 8.99. The van der Waals surface area contributed by atoms with E-state index >= 15 is 0 Å². The van der Waals surface area contributed by atoms with Gasteiger partial charge in [0.05, 0.1) is 11.8 Å². The second-order valence-corrected chi connectivity index (χ2v) is 7.07. The SMILES string of the molecule is Nc1cc(C2CC2)cc(-c2ccc(NC3CCC(O)CC3)nc2)n1. The van der Waals surface area contributed by atoms with Gasteiger partial charge in [-0.2, -0.15) is 0 Å². The van der Waals surface area contributed by atoms with Crippen LogP contribution in [0.3, 0.4) is 0 Å². The van der Waals surface area contributed by atoms with Crippen LogP contribution in [-0.2, 0) is 0 Å². The molecular weight excluding hydrogens is 300 g/mol. The predicted octanol–water partition coefficient (Wildman–Crippen LogP) is 3.32. The second kappa shape index (κ2) is 6.40. The average Bonchev–Trinajstić information content (AvgIpc) is 3.42. The van der Waals surface area contributed by atoms with Gasteiger partial charge in [0.1, 0.15) is 11.6 Å². The molecule has 126 valence electrons. The van der Waals surface area contributed by atoms with Gasteiger partial charge in [-0.05, 0) is 74.3 Å². The minimum Gasteiger partial charge on any atom is -0.393 e. The molecule has 4 rings (SSSR count). The van der Waals surface area contributed by atoms with Gasteiger partial charge in [-0.3, -0.25) is 0 Å². The van der Waals surface area contributed by atoms with Crippen LogP contribution in [0, 0.1) is 0 Å². The van der Waals surface area contributed by atoms with E-state index in [1.807, 2.05) is 24.4 Å². The van der Waals surface area contributed by atoms with Gasteiger partial charge < -0.3 is 16.2 Å². The Kier molecular flexibility index (Phi) is 4.10. The number of pyridine rings is 2. The molecule has 2 fully saturated rings. The summed E-state index contributed by atoms with van der Waals surface area (Å²) in [5, 5.41) is 13.0. The van der Waals surface area contributed by atoms with Crippen molar-refractivity contribution in [3.63, 3.8) is 0 Å². The van der Waals surface area contributed by atoms with E-state index in [0.29, 0.717) is 17.8 Å². The topological polar surface area (TPSA) is 84.1 Å². The summed E-state index contributed by atoms with van der Waals surface area (Å²) in [6.07, 6.45) is 7.95. The van der Waals surface area contributed by atoms with Gasteiger partial charge in [0.15, 0.2) is 0 Å². The first-order valence-corrected chi connectivity index (χ1v) is 8.86. The Hall–Kier alpha value is -2.14. The summed E-state index contributed by atoms with van der Waals surface area (Å²) in [7, 11) is 0. The van der Waals surface area contributed by atoms with Crippen LogP contribution in [0.4, 0.5) is 11.6 Å². The van der Waals surface area contributed by atoms with E-state index < -0.39 is 0 Å². The van der Waals surface area contributed by atoms with E-state index in [9.17, 15) is 5.11 Å². The van der Waals surface area contributed by atoms with E-state index in [1.54, 1.807) is 0 Å². The Morgan fingerprint density at radius 1 is 1.04 bits per heavy atom. The molecular formula is C19H24N4O. The Morgan fingerprint density at radius 3 is 2.50 bits per heavy atom. The van der Waals surface area contributed by atoms with Crippen LogP contribution < -0.4 is 11.1 Å². The predicted molar refractivity (Wildman–Crippen MR) is 95.7 cm³/mol. The average molecular weight is 324 g/mol. The van der Waals surface area contributed by atoms with E-state index in [-0.39, 0.29) is 6.10 Å². The van der Waals surface area contributed by atoms with Gasteiger partial charge >= 0.3 is 0 Å². The number of nitrogen functional groups attached to an aromatic ring is 1. The van der Waals surface area contributed by atoms with E-state index in [1.165, 1.54) is 18.4 Å². The van der Waals surface area contributed by atoms with Crippen LogP contribution in [0.15, 0.2) is 30.5 Å². The van der Waals surface area contributed by atoms with Crippen molar-refractivity contribution in [2.45, 2.75) is 56.6 Å². The van der Waals surface area contributed by atoms with Crippen LogP contribution >= 0.6 is 0 Å². The highest BCUT2D eigenvalue weighted by Crippen LogP contribution is 2.41. The Labute approximate surface area is 142 Å². The molecule has 0 unspecified atom stereocenters. The smallest absolute Gasteiger partial charge is 0.126 e. The molecule has 5 nitrogen and oxygen atoms in total. The number of aliphatic hydroxyl groups excluding tert-OH is 1. The van der Waals surface area contributed by atoms with Crippen LogP contribution in [-0.4, -0.2) is 27.2 Å². The molecule has 0 saturated heterocycles. The van der Waals surface area contributed by atoms with Crippen molar-refractivity contribution >= 4 is 11.6 Å². The van der Waals surface area contributed by atoms with Crippen molar-refractivity contribution in [2.75, 3.05) is 11.1 Å². The Morgan fingerprint density at radius 2 is 1.83 bits per heavy atom. The largest absolute Gasteiger partial charge is 0.393 e. The molecule has 0 bridgehead atoms. The summed E-state index contributed by atoms with van der Waals surface area (Å²) in [5.41, 5.74) is 9.15. The van der Waals surface area contributed by atoms with Crippen LogP contribution in [0.5, 0.6) is 0 Å². The number of rotatable bonds is 4. The number of hydrogen-bond donors (Lipinski definition) is 3. The highest BCUT2D eigenvalue weighted by molar-refractivity contribution is 5.63. The minimum atomic E-state index is -0.131. The quantitative estimate of drug-likeness (QED) is 0.803. The molecule has 2 aliphatic carbocycles. The van der Waals surface area contributed by atoms with Gasteiger partial charge in [0, 0.05) is 17.8 Å².